The van der Waals surface area contributed by atoms with E-state index in [0.29, 0.717) is 0 Å². The van der Waals surface area contributed by atoms with Gasteiger partial charge in [-0.15, -0.1) is 0 Å². The van der Waals surface area contributed by atoms with Crippen LogP contribution in [0.15, 0.2) is 12.1 Å². The van der Waals surface area contributed by atoms with Crippen molar-refractivity contribution in [1.29, 1.82) is 0 Å². The molecule has 0 aliphatic heterocycles. The second-order valence-corrected chi connectivity index (χ2v) is 3.24. The number of aromatic carboxylic acids is 1. The van der Waals surface area contributed by atoms with Gasteiger partial charge in [0.15, 0.2) is 0 Å². The van der Waals surface area contributed by atoms with Gasteiger partial charge >= 0.3 is 12.6 Å². The molecule has 0 fully saturated rings. The maximum absolute atomic E-state index is 11.9. The first-order chi connectivity index (χ1) is 6.91. The second-order valence-electron chi connectivity index (χ2n) is 2.45. The quantitative estimate of drug-likeness (QED) is 0.903. The molecule has 1 aromatic rings. The first-order valence-corrected chi connectivity index (χ1v) is 4.34. The summed E-state index contributed by atoms with van der Waals surface area (Å²) < 4.78 is 27.8. The van der Waals surface area contributed by atoms with Gasteiger partial charge in [-0.3, -0.25) is 0 Å². The van der Waals surface area contributed by atoms with E-state index in [9.17, 15) is 13.6 Å². The highest BCUT2D eigenvalue weighted by atomic mass is 35.5. The van der Waals surface area contributed by atoms with Crippen LogP contribution in [0.25, 0.3) is 0 Å². The number of carbonyl (C=O) groups is 1. The van der Waals surface area contributed by atoms with Crippen molar-refractivity contribution < 1.29 is 23.4 Å². The summed E-state index contributed by atoms with van der Waals surface area (Å²) in [6.07, 6.45) is 0. The molecule has 0 unspecified atom stereocenters. The molecule has 1 rings (SSSR count). The molecule has 7 heteroatoms. The van der Waals surface area contributed by atoms with Crippen molar-refractivity contribution in [3.05, 3.63) is 27.7 Å². The van der Waals surface area contributed by atoms with Crippen LogP contribution in [-0.2, 0) is 0 Å². The molecule has 0 saturated carbocycles. The number of benzene rings is 1. The molecule has 3 nitrogen and oxygen atoms in total. The summed E-state index contributed by atoms with van der Waals surface area (Å²) in [5.41, 5.74) is -0.278. The Morgan fingerprint density at radius 1 is 1.40 bits per heavy atom. The highest BCUT2D eigenvalue weighted by Gasteiger charge is 2.15. The van der Waals surface area contributed by atoms with Gasteiger partial charge in [0.1, 0.15) is 10.8 Å². The average Bonchev–Trinajstić information content (AvgIpc) is 2.11. The van der Waals surface area contributed by atoms with Crippen molar-refractivity contribution in [3.8, 4) is 5.75 Å². The van der Waals surface area contributed by atoms with Crippen molar-refractivity contribution in [2.24, 2.45) is 0 Å². The second kappa shape index (κ2) is 4.63. The number of hydrogen-bond donors (Lipinski definition) is 1. The van der Waals surface area contributed by atoms with Crippen LogP contribution >= 0.6 is 23.2 Å². The predicted octanol–water partition coefficient (Wildman–Crippen LogP) is 3.29. The van der Waals surface area contributed by atoms with E-state index in [-0.39, 0.29) is 15.6 Å². The molecular weight excluding hydrogens is 253 g/mol. The zero-order chi connectivity index (χ0) is 11.6. The smallest absolute Gasteiger partial charge is 0.387 e. The SMILES string of the molecule is O=C(O)c1cc(Cl)c(Cl)c(OC(F)F)c1. The van der Waals surface area contributed by atoms with E-state index in [4.69, 9.17) is 28.3 Å². The minimum Gasteiger partial charge on any atom is -0.478 e. The summed E-state index contributed by atoms with van der Waals surface area (Å²) in [5, 5.41) is 8.21. The van der Waals surface area contributed by atoms with Crippen LogP contribution in [0, 0.1) is 0 Å². The highest BCUT2D eigenvalue weighted by molar-refractivity contribution is 6.43. The van der Waals surface area contributed by atoms with Crippen LogP contribution in [0.3, 0.4) is 0 Å². The van der Waals surface area contributed by atoms with Gasteiger partial charge in [-0.1, -0.05) is 23.2 Å². The van der Waals surface area contributed by atoms with Crippen molar-refractivity contribution in [2.75, 3.05) is 0 Å². The topological polar surface area (TPSA) is 46.5 Å². The van der Waals surface area contributed by atoms with Crippen molar-refractivity contribution in [2.45, 2.75) is 6.61 Å². The van der Waals surface area contributed by atoms with Gasteiger partial charge in [-0.25, -0.2) is 4.79 Å². The number of hydrogen-bond acceptors (Lipinski definition) is 2. The lowest BCUT2D eigenvalue weighted by Crippen LogP contribution is -2.04. The molecule has 1 aromatic carbocycles. The van der Waals surface area contributed by atoms with Gasteiger partial charge in [0, 0.05) is 0 Å². The van der Waals surface area contributed by atoms with E-state index >= 15 is 0 Å². The molecule has 0 radical (unpaired) electrons. The lowest BCUT2D eigenvalue weighted by atomic mass is 10.2. The van der Waals surface area contributed by atoms with Crippen molar-refractivity contribution >= 4 is 29.2 Å². The normalized spacial score (nSPS) is 10.5. The Morgan fingerprint density at radius 3 is 2.47 bits per heavy atom. The highest BCUT2D eigenvalue weighted by Crippen LogP contribution is 2.34. The standard InChI is InChI=1S/C8H4Cl2F2O3/c9-4-1-3(7(13)14)2-5(6(4)10)15-8(11)12/h1-2,8H,(H,13,14). The van der Waals surface area contributed by atoms with Gasteiger partial charge in [-0.05, 0) is 12.1 Å². The van der Waals surface area contributed by atoms with E-state index in [1.807, 2.05) is 0 Å². The van der Waals surface area contributed by atoms with Crippen LogP contribution in [0.1, 0.15) is 10.4 Å². The van der Waals surface area contributed by atoms with Gasteiger partial charge in [0.2, 0.25) is 0 Å². The third kappa shape index (κ3) is 2.94. The number of ether oxygens (including phenoxy) is 1. The van der Waals surface area contributed by atoms with E-state index < -0.39 is 18.3 Å². The minimum absolute atomic E-state index is 0.160. The molecule has 82 valence electrons. The van der Waals surface area contributed by atoms with E-state index in [1.165, 1.54) is 0 Å². The summed E-state index contributed by atoms with van der Waals surface area (Å²) in [6, 6.07) is 1.92. The lowest BCUT2D eigenvalue weighted by molar-refractivity contribution is -0.0498. The predicted molar refractivity (Wildman–Crippen MR) is 50.1 cm³/mol. The van der Waals surface area contributed by atoms with E-state index in [1.54, 1.807) is 0 Å². The Labute approximate surface area is 93.2 Å². The molecular formula is C8H4Cl2F2O3. The lowest BCUT2D eigenvalue weighted by Gasteiger charge is -2.08. The van der Waals surface area contributed by atoms with E-state index in [2.05, 4.69) is 4.74 Å². The first kappa shape index (κ1) is 12.0. The first-order valence-electron chi connectivity index (χ1n) is 3.59. The fourth-order valence-corrected chi connectivity index (χ4v) is 1.23. The Morgan fingerprint density at radius 2 is 2.00 bits per heavy atom. The van der Waals surface area contributed by atoms with Gasteiger partial charge in [0.05, 0.1) is 10.6 Å². The number of rotatable bonds is 3. The molecule has 0 saturated heterocycles. The Kier molecular flexibility index (Phi) is 3.71. The molecule has 0 heterocycles. The fourth-order valence-electron chi connectivity index (χ4n) is 0.869. The van der Waals surface area contributed by atoms with Crippen molar-refractivity contribution in [1.82, 2.24) is 0 Å². The zero-order valence-corrected chi connectivity index (χ0v) is 8.52. The van der Waals surface area contributed by atoms with Crippen LogP contribution < -0.4 is 4.74 Å². The third-order valence-corrected chi connectivity index (χ3v) is 2.24. The maximum atomic E-state index is 11.9. The molecule has 0 amide bonds. The molecule has 0 bridgehead atoms. The van der Waals surface area contributed by atoms with Gasteiger partial charge in [0.25, 0.3) is 0 Å². The maximum Gasteiger partial charge on any atom is 0.387 e. The van der Waals surface area contributed by atoms with Crippen LogP contribution in [-0.4, -0.2) is 17.7 Å². The molecule has 0 atom stereocenters. The van der Waals surface area contributed by atoms with Gasteiger partial charge in [-0.2, -0.15) is 8.78 Å². The van der Waals surface area contributed by atoms with Crippen molar-refractivity contribution in [3.63, 3.8) is 0 Å². The largest absolute Gasteiger partial charge is 0.478 e. The Hall–Kier alpha value is -1.07. The fraction of sp³-hybridized carbons (Fsp3) is 0.125. The molecule has 1 N–H and O–H groups in total. The van der Waals surface area contributed by atoms with Crippen LogP contribution in [0.5, 0.6) is 5.75 Å². The monoisotopic (exact) mass is 256 g/mol. The summed E-state index contributed by atoms with van der Waals surface area (Å²) in [7, 11) is 0. The summed E-state index contributed by atoms with van der Waals surface area (Å²) in [6.45, 7) is -3.09. The minimum atomic E-state index is -3.09. The molecule has 0 aliphatic rings. The number of halogens is 4. The van der Waals surface area contributed by atoms with Gasteiger partial charge < -0.3 is 9.84 Å². The summed E-state index contributed by atoms with van der Waals surface area (Å²) in [4.78, 5) is 10.6. The average molecular weight is 257 g/mol. The molecule has 0 aromatic heterocycles. The zero-order valence-electron chi connectivity index (χ0n) is 7.01. The Bertz CT molecular complexity index is 396. The summed E-state index contributed by atoms with van der Waals surface area (Å²) in [5.74, 6) is -1.77. The molecule has 0 aliphatic carbocycles. The third-order valence-electron chi connectivity index (χ3n) is 1.46. The molecule has 0 spiro atoms. The van der Waals surface area contributed by atoms with Crippen LogP contribution in [0.2, 0.25) is 10.0 Å². The Balaban J connectivity index is 3.19. The molecule has 15 heavy (non-hydrogen) atoms. The number of carboxylic acid groups (broad SMARTS) is 1. The van der Waals surface area contributed by atoms with E-state index in [0.717, 1.165) is 12.1 Å². The van der Waals surface area contributed by atoms with Crippen LogP contribution in [0.4, 0.5) is 8.78 Å². The summed E-state index contributed by atoms with van der Waals surface area (Å²) >= 11 is 11.1. The number of carboxylic acids is 1. The number of alkyl halides is 2.